The Morgan fingerprint density at radius 3 is 2.78 bits per heavy atom. The maximum absolute atomic E-state index is 6.02. The van der Waals surface area contributed by atoms with Crippen molar-refractivity contribution in [1.82, 2.24) is 30.2 Å². The number of aromatic amines is 1. The van der Waals surface area contributed by atoms with Crippen LogP contribution in [0.5, 0.6) is 0 Å². The molecular weight excluding hydrogens is 230 g/mol. The van der Waals surface area contributed by atoms with Crippen molar-refractivity contribution >= 4 is 5.82 Å². The fourth-order valence-electron chi connectivity index (χ4n) is 1.73. The summed E-state index contributed by atoms with van der Waals surface area (Å²) in [4.78, 5) is 4.21. The predicted molar refractivity (Wildman–Crippen MR) is 65.4 cm³/mol. The highest BCUT2D eigenvalue weighted by Gasteiger charge is 2.13. The van der Waals surface area contributed by atoms with Gasteiger partial charge in [0.2, 0.25) is 5.82 Å². The molecule has 0 bridgehead atoms. The largest absolute Gasteiger partial charge is 0.383 e. The van der Waals surface area contributed by atoms with Gasteiger partial charge in [-0.15, -0.1) is 10.2 Å². The molecule has 2 heterocycles. The molecule has 18 heavy (non-hydrogen) atoms. The van der Waals surface area contributed by atoms with Gasteiger partial charge in [-0.1, -0.05) is 30.3 Å². The van der Waals surface area contributed by atoms with Crippen LogP contribution in [0.3, 0.4) is 0 Å². The molecular formula is C11H11N7. The number of tetrazole rings is 1. The molecule has 0 aliphatic heterocycles. The van der Waals surface area contributed by atoms with Gasteiger partial charge >= 0.3 is 0 Å². The summed E-state index contributed by atoms with van der Waals surface area (Å²) >= 11 is 0. The van der Waals surface area contributed by atoms with Crippen molar-refractivity contribution in [1.29, 1.82) is 0 Å². The van der Waals surface area contributed by atoms with Crippen LogP contribution in [0.15, 0.2) is 36.7 Å². The Morgan fingerprint density at radius 2 is 2.06 bits per heavy atom. The van der Waals surface area contributed by atoms with Crippen LogP contribution in [0.4, 0.5) is 5.82 Å². The second-order valence-corrected chi connectivity index (χ2v) is 3.83. The summed E-state index contributed by atoms with van der Waals surface area (Å²) in [6.07, 6.45) is 1.67. The number of imidazole rings is 1. The number of nitrogens with zero attached hydrogens (tertiary/aromatic N) is 5. The molecule has 7 nitrogen and oxygen atoms in total. The molecule has 0 unspecified atom stereocenters. The van der Waals surface area contributed by atoms with Crippen molar-refractivity contribution < 1.29 is 0 Å². The highest BCUT2D eigenvalue weighted by Crippen LogP contribution is 2.20. The number of aromatic nitrogens is 6. The molecule has 0 atom stereocenters. The van der Waals surface area contributed by atoms with E-state index < -0.39 is 0 Å². The number of benzene rings is 1. The topological polar surface area (TPSA) is 98.3 Å². The first-order chi connectivity index (χ1) is 8.84. The summed E-state index contributed by atoms with van der Waals surface area (Å²) < 4.78 is 1.85. The molecule has 0 radical (unpaired) electrons. The Labute approximate surface area is 103 Å². The van der Waals surface area contributed by atoms with E-state index in [1.807, 2.05) is 34.9 Å². The van der Waals surface area contributed by atoms with E-state index in [-0.39, 0.29) is 0 Å². The SMILES string of the molecule is Nc1c(-c2nn[nH]n2)ncn1Cc1ccccc1. The molecule has 3 N–H and O–H groups in total. The van der Waals surface area contributed by atoms with Crippen LogP contribution in [0.1, 0.15) is 5.56 Å². The second-order valence-electron chi connectivity index (χ2n) is 3.83. The zero-order valence-corrected chi connectivity index (χ0v) is 9.48. The monoisotopic (exact) mass is 241 g/mol. The predicted octanol–water partition coefficient (Wildman–Crippen LogP) is 0.694. The summed E-state index contributed by atoms with van der Waals surface area (Å²) in [6.45, 7) is 0.664. The maximum Gasteiger partial charge on any atom is 0.226 e. The molecule has 0 aliphatic rings. The van der Waals surface area contributed by atoms with E-state index in [4.69, 9.17) is 5.73 Å². The Balaban J connectivity index is 1.91. The minimum atomic E-state index is 0.402. The molecule has 2 aromatic heterocycles. The normalized spacial score (nSPS) is 10.7. The van der Waals surface area contributed by atoms with Crippen LogP contribution in [0.25, 0.3) is 11.5 Å². The van der Waals surface area contributed by atoms with Gasteiger partial charge in [0.25, 0.3) is 0 Å². The molecule has 3 rings (SSSR count). The molecule has 0 spiro atoms. The number of nitrogens with two attached hydrogens (primary N) is 1. The zero-order chi connectivity index (χ0) is 12.4. The van der Waals surface area contributed by atoms with E-state index in [2.05, 4.69) is 25.6 Å². The third-order valence-electron chi connectivity index (χ3n) is 2.63. The van der Waals surface area contributed by atoms with Gasteiger partial charge in [0.05, 0.1) is 12.9 Å². The number of hydrogen-bond donors (Lipinski definition) is 2. The van der Waals surface area contributed by atoms with Crippen molar-refractivity contribution in [2.24, 2.45) is 0 Å². The Bertz CT molecular complexity index is 627. The minimum absolute atomic E-state index is 0.402. The van der Waals surface area contributed by atoms with Gasteiger partial charge < -0.3 is 10.3 Å². The number of nitrogens with one attached hydrogen (secondary N) is 1. The highest BCUT2D eigenvalue weighted by atomic mass is 15.5. The summed E-state index contributed by atoms with van der Waals surface area (Å²) in [7, 11) is 0. The summed E-state index contributed by atoms with van der Waals surface area (Å²) in [6, 6.07) is 10.0. The van der Waals surface area contributed by atoms with Crippen LogP contribution < -0.4 is 5.73 Å². The minimum Gasteiger partial charge on any atom is -0.383 e. The molecule has 0 saturated carbocycles. The standard InChI is InChI=1S/C11H11N7/c12-10-9(11-14-16-17-15-11)13-7-18(10)6-8-4-2-1-3-5-8/h1-5,7H,6,12H2,(H,14,15,16,17). The van der Waals surface area contributed by atoms with Crippen LogP contribution in [0, 0.1) is 0 Å². The molecule has 0 aliphatic carbocycles. The lowest BCUT2D eigenvalue weighted by atomic mass is 10.2. The lowest BCUT2D eigenvalue weighted by Crippen LogP contribution is -2.03. The van der Waals surface area contributed by atoms with Gasteiger partial charge in [-0.05, 0) is 10.8 Å². The Hall–Kier alpha value is -2.70. The third kappa shape index (κ3) is 1.81. The number of H-pyrrole nitrogens is 1. The summed E-state index contributed by atoms with van der Waals surface area (Å²) in [5.41, 5.74) is 7.72. The van der Waals surface area contributed by atoms with Crippen LogP contribution in [-0.2, 0) is 6.54 Å². The van der Waals surface area contributed by atoms with E-state index in [9.17, 15) is 0 Å². The quantitative estimate of drug-likeness (QED) is 0.703. The van der Waals surface area contributed by atoms with Crippen molar-refractivity contribution in [2.75, 3.05) is 5.73 Å². The summed E-state index contributed by atoms with van der Waals surface area (Å²) in [5.74, 6) is 0.930. The van der Waals surface area contributed by atoms with Gasteiger partial charge in [0.15, 0.2) is 5.69 Å². The lowest BCUT2D eigenvalue weighted by molar-refractivity contribution is 0.808. The highest BCUT2D eigenvalue weighted by molar-refractivity contribution is 5.63. The first kappa shape index (κ1) is 10.5. The smallest absolute Gasteiger partial charge is 0.226 e. The van der Waals surface area contributed by atoms with Crippen molar-refractivity contribution in [3.8, 4) is 11.5 Å². The molecule has 1 aromatic carbocycles. The Morgan fingerprint density at radius 1 is 1.22 bits per heavy atom. The van der Waals surface area contributed by atoms with Gasteiger partial charge in [-0.2, -0.15) is 5.21 Å². The van der Waals surface area contributed by atoms with Crippen molar-refractivity contribution in [3.05, 3.63) is 42.2 Å². The number of rotatable bonds is 3. The average molecular weight is 241 g/mol. The zero-order valence-electron chi connectivity index (χ0n) is 9.48. The number of nitrogen functional groups attached to an aromatic ring is 1. The van der Waals surface area contributed by atoms with Gasteiger partial charge in [0, 0.05) is 0 Å². The molecule has 0 fully saturated rings. The van der Waals surface area contributed by atoms with Gasteiger partial charge in [-0.25, -0.2) is 4.98 Å². The molecule has 7 heteroatoms. The van der Waals surface area contributed by atoms with Crippen LogP contribution in [0.2, 0.25) is 0 Å². The molecule has 3 aromatic rings. The average Bonchev–Trinajstić information content (AvgIpc) is 3.02. The van der Waals surface area contributed by atoms with Crippen molar-refractivity contribution in [2.45, 2.75) is 6.54 Å². The number of hydrogen-bond acceptors (Lipinski definition) is 5. The summed E-state index contributed by atoms with van der Waals surface area (Å²) in [5, 5.41) is 13.6. The first-order valence-electron chi connectivity index (χ1n) is 5.43. The molecule has 90 valence electrons. The maximum atomic E-state index is 6.02. The van der Waals surface area contributed by atoms with Gasteiger partial charge in [0.1, 0.15) is 5.82 Å². The van der Waals surface area contributed by atoms with Crippen LogP contribution in [-0.4, -0.2) is 30.2 Å². The van der Waals surface area contributed by atoms with Crippen LogP contribution >= 0.6 is 0 Å². The second kappa shape index (κ2) is 4.28. The Kier molecular flexibility index (Phi) is 2.49. The van der Waals surface area contributed by atoms with E-state index in [1.165, 1.54) is 0 Å². The fourth-order valence-corrected chi connectivity index (χ4v) is 1.73. The molecule has 0 saturated heterocycles. The van der Waals surface area contributed by atoms with E-state index in [1.54, 1.807) is 6.33 Å². The first-order valence-corrected chi connectivity index (χ1v) is 5.43. The number of anilines is 1. The lowest BCUT2D eigenvalue weighted by Gasteiger charge is -2.04. The van der Waals surface area contributed by atoms with E-state index >= 15 is 0 Å². The van der Waals surface area contributed by atoms with E-state index in [0.717, 1.165) is 5.56 Å². The van der Waals surface area contributed by atoms with Gasteiger partial charge in [-0.3, -0.25) is 0 Å². The fraction of sp³-hybridized carbons (Fsp3) is 0.0909. The van der Waals surface area contributed by atoms with E-state index in [0.29, 0.717) is 23.9 Å². The van der Waals surface area contributed by atoms with Crippen molar-refractivity contribution in [3.63, 3.8) is 0 Å². The molecule has 0 amide bonds. The third-order valence-corrected chi connectivity index (χ3v) is 2.63.